The molecular weight excluding hydrogens is 380 g/mol. The monoisotopic (exact) mass is 406 g/mol. The molecule has 0 spiro atoms. The summed E-state index contributed by atoms with van der Waals surface area (Å²) in [5, 5.41) is 0. The van der Waals surface area contributed by atoms with E-state index in [0.717, 1.165) is 20.6 Å². The van der Waals surface area contributed by atoms with Crippen LogP contribution in [0.25, 0.3) is 0 Å². The van der Waals surface area contributed by atoms with E-state index in [1.54, 1.807) is 30.3 Å². The fourth-order valence-corrected chi connectivity index (χ4v) is 2.46. The van der Waals surface area contributed by atoms with Crippen molar-refractivity contribution < 1.29 is 38.1 Å². The van der Waals surface area contributed by atoms with Crippen LogP contribution in [-0.4, -0.2) is 44.7 Å². The number of methoxy groups -OCH3 is 2. The molecule has 0 aliphatic rings. The second kappa shape index (κ2) is 11.6. The molecule has 0 radical (unpaired) electrons. The number of rotatable bonds is 11. The predicted octanol–water partition coefficient (Wildman–Crippen LogP) is 2.35. The summed E-state index contributed by atoms with van der Waals surface area (Å²) in [5.74, 6) is -4.47. The lowest BCUT2D eigenvalue weighted by Crippen LogP contribution is -2.49. The van der Waals surface area contributed by atoms with Crippen molar-refractivity contribution in [3.8, 4) is 0 Å². The maximum absolute atomic E-state index is 12.8. The normalized spacial score (nSPS) is 10.6. The lowest BCUT2D eigenvalue weighted by atomic mass is 9.81. The third kappa shape index (κ3) is 6.17. The molecular formula is C21H26O8. The van der Waals surface area contributed by atoms with E-state index in [0.29, 0.717) is 12.0 Å². The molecule has 0 atom stereocenters. The number of carbonyl (C=O) groups is 4. The molecule has 0 aromatic heterocycles. The van der Waals surface area contributed by atoms with Gasteiger partial charge >= 0.3 is 23.9 Å². The van der Waals surface area contributed by atoms with Gasteiger partial charge in [-0.25, -0.2) is 4.79 Å². The van der Waals surface area contributed by atoms with Crippen molar-refractivity contribution in [3.05, 3.63) is 48.0 Å². The van der Waals surface area contributed by atoms with Crippen molar-refractivity contribution in [2.45, 2.75) is 32.8 Å². The van der Waals surface area contributed by atoms with Crippen LogP contribution in [0.15, 0.2) is 42.5 Å². The Hall–Kier alpha value is -3.16. The molecule has 8 heteroatoms. The SMILES string of the molecule is C=C(CC(C(=O)OC)(C(=O)OC)C(=O)OCc1ccccc1)C(=O)OCCCC. The van der Waals surface area contributed by atoms with E-state index in [4.69, 9.17) is 9.47 Å². The summed E-state index contributed by atoms with van der Waals surface area (Å²) in [7, 11) is 2.01. The van der Waals surface area contributed by atoms with Gasteiger partial charge in [-0.3, -0.25) is 14.4 Å². The van der Waals surface area contributed by atoms with Gasteiger partial charge in [-0.1, -0.05) is 50.3 Å². The maximum Gasteiger partial charge on any atom is 0.335 e. The van der Waals surface area contributed by atoms with Crippen LogP contribution in [0.3, 0.4) is 0 Å². The smallest absolute Gasteiger partial charge is 0.335 e. The van der Waals surface area contributed by atoms with Gasteiger partial charge in [-0.15, -0.1) is 0 Å². The summed E-state index contributed by atoms with van der Waals surface area (Å²) in [6, 6.07) is 8.67. The molecule has 0 fully saturated rings. The van der Waals surface area contributed by atoms with E-state index < -0.39 is 35.7 Å². The minimum atomic E-state index is -2.53. The van der Waals surface area contributed by atoms with Gasteiger partial charge in [0.15, 0.2) is 0 Å². The van der Waals surface area contributed by atoms with Gasteiger partial charge < -0.3 is 18.9 Å². The molecule has 8 nitrogen and oxygen atoms in total. The second-order valence-corrected chi connectivity index (χ2v) is 6.22. The Morgan fingerprint density at radius 2 is 1.52 bits per heavy atom. The quantitative estimate of drug-likeness (QED) is 0.181. The Morgan fingerprint density at radius 3 is 2.03 bits per heavy atom. The van der Waals surface area contributed by atoms with Crippen LogP contribution in [0.2, 0.25) is 0 Å². The van der Waals surface area contributed by atoms with Crippen molar-refractivity contribution in [1.82, 2.24) is 0 Å². The average Bonchev–Trinajstić information content (AvgIpc) is 2.75. The molecule has 1 aromatic rings. The molecule has 158 valence electrons. The lowest BCUT2D eigenvalue weighted by Gasteiger charge is -2.26. The molecule has 29 heavy (non-hydrogen) atoms. The van der Waals surface area contributed by atoms with Gasteiger partial charge in [0, 0.05) is 12.0 Å². The topological polar surface area (TPSA) is 105 Å². The number of unbranched alkanes of at least 4 members (excludes halogenated alkanes) is 1. The lowest BCUT2D eigenvalue weighted by molar-refractivity contribution is -0.182. The van der Waals surface area contributed by atoms with Crippen LogP contribution in [0.5, 0.6) is 0 Å². The highest BCUT2D eigenvalue weighted by Crippen LogP contribution is 2.32. The van der Waals surface area contributed by atoms with Gasteiger partial charge in [0.2, 0.25) is 0 Å². The van der Waals surface area contributed by atoms with E-state index in [1.165, 1.54) is 0 Å². The zero-order valence-electron chi connectivity index (χ0n) is 16.9. The molecule has 1 rings (SSSR count). The van der Waals surface area contributed by atoms with E-state index >= 15 is 0 Å². The second-order valence-electron chi connectivity index (χ2n) is 6.22. The fraction of sp³-hybridized carbons (Fsp3) is 0.429. The zero-order chi connectivity index (χ0) is 21.9. The van der Waals surface area contributed by atoms with Gasteiger partial charge in [0.25, 0.3) is 5.41 Å². The van der Waals surface area contributed by atoms with Crippen LogP contribution >= 0.6 is 0 Å². The van der Waals surface area contributed by atoms with E-state index in [9.17, 15) is 19.2 Å². The van der Waals surface area contributed by atoms with Crippen LogP contribution in [0, 0.1) is 5.41 Å². The number of ether oxygens (including phenoxy) is 4. The summed E-state index contributed by atoms with van der Waals surface area (Å²) < 4.78 is 19.5. The maximum atomic E-state index is 12.8. The fourth-order valence-electron chi connectivity index (χ4n) is 2.46. The molecule has 0 N–H and O–H groups in total. The van der Waals surface area contributed by atoms with E-state index in [2.05, 4.69) is 16.1 Å². The highest BCUT2D eigenvalue weighted by Gasteiger charge is 2.58. The molecule has 0 saturated carbocycles. The van der Waals surface area contributed by atoms with Gasteiger partial charge in [0.05, 0.1) is 20.8 Å². The summed E-state index contributed by atoms with van der Waals surface area (Å²) >= 11 is 0. The van der Waals surface area contributed by atoms with Crippen LogP contribution < -0.4 is 0 Å². The number of hydrogen-bond donors (Lipinski definition) is 0. The minimum absolute atomic E-state index is 0.149. The Bertz CT molecular complexity index is 722. The van der Waals surface area contributed by atoms with Crippen LogP contribution in [0.4, 0.5) is 0 Å². The summed E-state index contributed by atoms with van der Waals surface area (Å²) in [6.45, 7) is 5.43. The Labute approximate surface area is 169 Å². The van der Waals surface area contributed by atoms with E-state index in [1.807, 2.05) is 6.92 Å². The van der Waals surface area contributed by atoms with Crippen molar-refractivity contribution in [2.75, 3.05) is 20.8 Å². The average molecular weight is 406 g/mol. The molecule has 0 amide bonds. The molecule has 0 heterocycles. The summed E-state index contributed by atoms with van der Waals surface area (Å²) in [6.07, 6.45) is 0.752. The van der Waals surface area contributed by atoms with Gasteiger partial charge in [-0.05, 0) is 12.0 Å². The standard InChI is InChI=1S/C21H26O8/c1-5-6-12-28-17(22)15(2)13-21(18(23)26-3,19(24)27-4)20(25)29-14-16-10-8-7-9-11-16/h7-11H,2,5-6,12-14H2,1,3-4H3. The van der Waals surface area contributed by atoms with Crippen LogP contribution in [0.1, 0.15) is 31.7 Å². The molecule has 0 saturated heterocycles. The van der Waals surface area contributed by atoms with Crippen molar-refractivity contribution >= 4 is 23.9 Å². The highest BCUT2D eigenvalue weighted by molar-refractivity contribution is 6.18. The molecule has 0 bridgehead atoms. The number of esters is 4. The van der Waals surface area contributed by atoms with E-state index in [-0.39, 0.29) is 18.8 Å². The summed E-state index contributed by atoms with van der Waals surface area (Å²) in [4.78, 5) is 50.0. The Morgan fingerprint density at radius 1 is 0.931 bits per heavy atom. The van der Waals surface area contributed by atoms with Gasteiger partial charge in [-0.2, -0.15) is 0 Å². The highest BCUT2D eigenvalue weighted by atomic mass is 16.6. The van der Waals surface area contributed by atoms with Gasteiger partial charge in [0.1, 0.15) is 6.61 Å². The molecule has 1 aromatic carbocycles. The van der Waals surface area contributed by atoms with Crippen molar-refractivity contribution in [2.24, 2.45) is 5.41 Å². The third-order valence-corrected chi connectivity index (χ3v) is 4.13. The first-order valence-corrected chi connectivity index (χ1v) is 9.06. The first-order valence-electron chi connectivity index (χ1n) is 9.06. The number of benzene rings is 1. The largest absolute Gasteiger partial charge is 0.468 e. The number of hydrogen-bond acceptors (Lipinski definition) is 8. The Kier molecular flexibility index (Phi) is 9.58. The first-order chi connectivity index (χ1) is 13.8. The van der Waals surface area contributed by atoms with Crippen LogP contribution in [-0.2, 0) is 44.7 Å². The Balaban J connectivity index is 3.11. The molecule has 0 unspecified atom stereocenters. The molecule has 0 aliphatic carbocycles. The first kappa shape index (κ1) is 23.9. The number of carbonyl (C=O) groups excluding carboxylic acids is 4. The molecule has 0 aliphatic heterocycles. The minimum Gasteiger partial charge on any atom is -0.468 e. The summed E-state index contributed by atoms with van der Waals surface area (Å²) in [5.41, 5.74) is -2.14. The van der Waals surface area contributed by atoms with Crippen molar-refractivity contribution in [3.63, 3.8) is 0 Å². The zero-order valence-corrected chi connectivity index (χ0v) is 16.9. The van der Waals surface area contributed by atoms with Crippen molar-refractivity contribution in [1.29, 1.82) is 0 Å². The third-order valence-electron chi connectivity index (χ3n) is 4.13. The predicted molar refractivity (Wildman–Crippen MR) is 102 cm³/mol.